The van der Waals surface area contributed by atoms with Crippen molar-refractivity contribution in [3.8, 4) is 0 Å². The van der Waals surface area contributed by atoms with Crippen molar-refractivity contribution in [3.05, 3.63) is 28.2 Å². The highest BCUT2D eigenvalue weighted by molar-refractivity contribution is 9.10. The summed E-state index contributed by atoms with van der Waals surface area (Å²) in [5.41, 5.74) is 0.700. The number of anilines is 1. The molecular formula is C14H20BrNO3. The van der Waals surface area contributed by atoms with Gasteiger partial charge in [0.25, 0.3) is 0 Å². The number of carboxylic acids is 1. The van der Waals surface area contributed by atoms with Gasteiger partial charge in [-0.1, -0.05) is 26.8 Å². The third-order valence-corrected chi connectivity index (χ3v) is 3.68. The number of aliphatic hydroxyl groups excluding tert-OH is 1. The van der Waals surface area contributed by atoms with E-state index < -0.39 is 5.97 Å². The normalized spacial score (nSPS) is 13.1. The SMILES string of the molecule is CC(C)(C)C(CCO)Nc1cccc(Br)c1C(=O)O. The Balaban J connectivity index is 3.10. The summed E-state index contributed by atoms with van der Waals surface area (Å²) in [5.74, 6) is -0.980. The van der Waals surface area contributed by atoms with Crippen molar-refractivity contribution < 1.29 is 15.0 Å². The second kappa shape index (κ2) is 6.39. The van der Waals surface area contributed by atoms with Crippen LogP contribution in [0.1, 0.15) is 37.6 Å². The molecule has 1 rings (SSSR count). The monoisotopic (exact) mass is 329 g/mol. The standard InChI is InChI=1S/C14H20BrNO3/c1-14(2,3)11(7-8-17)16-10-6-4-5-9(15)12(10)13(18)19/h4-6,11,16-17H,7-8H2,1-3H3,(H,18,19). The van der Waals surface area contributed by atoms with Gasteiger partial charge in [0, 0.05) is 17.1 Å². The number of aliphatic hydroxyl groups is 1. The molecule has 0 saturated carbocycles. The van der Waals surface area contributed by atoms with E-state index in [2.05, 4.69) is 42.0 Å². The maximum absolute atomic E-state index is 11.3. The minimum atomic E-state index is -0.980. The quantitative estimate of drug-likeness (QED) is 0.774. The van der Waals surface area contributed by atoms with E-state index in [9.17, 15) is 9.90 Å². The third-order valence-electron chi connectivity index (χ3n) is 3.02. The van der Waals surface area contributed by atoms with E-state index in [-0.39, 0.29) is 23.6 Å². The van der Waals surface area contributed by atoms with Gasteiger partial charge in [0.05, 0.1) is 11.3 Å². The van der Waals surface area contributed by atoms with Crippen LogP contribution in [-0.2, 0) is 0 Å². The van der Waals surface area contributed by atoms with E-state index >= 15 is 0 Å². The fourth-order valence-corrected chi connectivity index (χ4v) is 2.44. The molecule has 1 unspecified atom stereocenters. The van der Waals surface area contributed by atoms with Crippen molar-refractivity contribution in [1.29, 1.82) is 0 Å². The summed E-state index contributed by atoms with van der Waals surface area (Å²) in [6.45, 7) is 6.22. The zero-order chi connectivity index (χ0) is 14.6. The van der Waals surface area contributed by atoms with E-state index in [4.69, 9.17) is 5.11 Å². The van der Waals surface area contributed by atoms with Crippen LogP contribution in [0.25, 0.3) is 0 Å². The molecule has 106 valence electrons. The highest BCUT2D eigenvalue weighted by Gasteiger charge is 2.26. The number of benzene rings is 1. The van der Waals surface area contributed by atoms with Crippen molar-refractivity contribution in [2.45, 2.75) is 33.2 Å². The molecule has 0 saturated heterocycles. The predicted octanol–water partition coefficient (Wildman–Crippen LogP) is 3.36. The molecule has 4 nitrogen and oxygen atoms in total. The molecule has 0 aliphatic rings. The molecule has 5 heteroatoms. The average Bonchev–Trinajstić information content (AvgIpc) is 2.26. The number of carbonyl (C=O) groups is 1. The second-order valence-corrected chi connectivity index (χ2v) is 6.40. The number of aromatic carboxylic acids is 1. The Morgan fingerprint density at radius 1 is 1.42 bits per heavy atom. The van der Waals surface area contributed by atoms with E-state index in [1.165, 1.54) is 0 Å². The summed E-state index contributed by atoms with van der Waals surface area (Å²) in [4.78, 5) is 11.3. The van der Waals surface area contributed by atoms with Crippen LogP contribution < -0.4 is 5.32 Å². The van der Waals surface area contributed by atoms with Crippen LogP contribution in [0.4, 0.5) is 5.69 Å². The molecule has 0 aliphatic heterocycles. The van der Waals surface area contributed by atoms with E-state index in [1.54, 1.807) is 18.2 Å². The van der Waals surface area contributed by atoms with Crippen molar-refractivity contribution in [2.24, 2.45) is 5.41 Å². The lowest BCUT2D eigenvalue weighted by atomic mass is 9.84. The van der Waals surface area contributed by atoms with Crippen LogP contribution in [0, 0.1) is 5.41 Å². The average molecular weight is 330 g/mol. The van der Waals surface area contributed by atoms with Gasteiger partial charge in [0.2, 0.25) is 0 Å². The maximum Gasteiger partial charge on any atom is 0.338 e. The lowest BCUT2D eigenvalue weighted by Crippen LogP contribution is -2.35. The first-order chi connectivity index (χ1) is 8.77. The second-order valence-electron chi connectivity index (χ2n) is 5.54. The Kier molecular flexibility index (Phi) is 5.38. The summed E-state index contributed by atoms with van der Waals surface area (Å²) in [7, 11) is 0. The highest BCUT2D eigenvalue weighted by atomic mass is 79.9. The number of carboxylic acid groups (broad SMARTS) is 1. The molecule has 1 aromatic carbocycles. The highest BCUT2D eigenvalue weighted by Crippen LogP contribution is 2.30. The van der Waals surface area contributed by atoms with Gasteiger partial charge in [-0.25, -0.2) is 4.79 Å². The molecule has 0 radical (unpaired) electrons. The first kappa shape index (κ1) is 16.0. The molecular weight excluding hydrogens is 310 g/mol. The van der Waals surface area contributed by atoms with Gasteiger partial charge in [0.15, 0.2) is 0 Å². The molecule has 3 N–H and O–H groups in total. The third kappa shape index (κ3) is 4.21. The van der Waals surface area contributed by atoms with E-state index in [0.717, 1.165) is 0 Å². The summed E-state index contributed by atoms with van der Waals surface area (Å²) in [6, 6.07) is 5.22. The zero-order valence-corrected chi connectivity index (χ0v) is 13.0. The molecule has 0 bridgehead atoms. The molecule has 1 aromatic rings. The largest absolute Gasteiger partial charge is 0.478 e. The number of hydrogen-bond acceptors (Lipinski definition) is 3. The minimum Gasteiger partial charge on any atom is -0.478 e. The molecule has 0 fully saturated rings. The number of halogens is 1. The number of rotatable bonds is 5. The van der Waals surface area contributed by atoms with Crippen molar-refractivity contribution in [3.63, 3.8) is 0 Å². The minimum absolute atomic E-state index is 0.00935. The van der Waals surface area contributed by atoms with Crippen LogP contribution in [-0.4, -0.2) is 28.8 Å². The molecule has 0 aliphatic carbocycles. The Morgan fingerprint density at radius 2 is 2.05 bits per heavy atom. The van der Waals surface area contributed by atoms with E-state index in [1.807, 2.05) is 0 Å². The van der Waals surface area contributed by atoms with Gasteiger partial charge in [-0.15, -0.1) is 0 Å². The summed E-state index contributed by atoms with van der Waals surface area (Å²) >= 11 is 3.26. The van der Waals surface area contributed by atoms with Crippen LogP contribution >= 0.6 is 15.9 Å². The number of nitrogens with one attached hydrogen (secondary N) is 1. The van der Waals surface area contributed by atoms with Gasteiger partial charge in [0.1, 0.15) is 0 Å². The summed E-state index contributed by atoms with van der Waals surface area (Å²) in [5, 5.41) is 21.7. The number of hydrogen-bond donors (Lipinski definition) is 3. The van der Waals surface area contributed by atoms with Crippen molar-refractivity contribution >= 4 is 27.6 Å². The van der Waals surface area contributed by atoms with Crippen LogP contribution in [0.2, 0.25) is 0 Å². The first-order valence-corrected chi connectivity index (χ1v) is 6.96. The topological polar surface area (TPSA) is 69.6 Å². The Bertz CT molecular complexity index is 454. The van der Waals surface area contributed by atoms with Crippen LogP contribution in [0.5, 0.6) is 0 Å². The van der Waals surface area contributed by atoms with Gasteiger partial charge >= 0.3 is 5.97 Å². The van der Waals surface area contributed by atoms with Crippen molar-refractivity contribution in [1.82, 2.24) is 0 Å². The molecule has 1 atom stereocenters. The van der Waals surface area contributed by atoms with E-state index in [0.29, 0.717) is 16.6 Å². The maximum atomic E-state index is 11.3. The van der Waals surface area contributed by atoms with Crippen LogP contribution in [0.15, 0.2) is 22.7 Å². The lowest BCUT2D eigenvalue weighted by molar-refractivity contribution is 0.0696. The molecule has 0 aromatic heterocycles. The predicted molar refractivity (Wildman–Crippen MR) is 79.7 cm³/mol. The zero-order valence-electron chi connectivity index (χ0n) is 11.4. The Hall–Kier alpha value is -1.07. The Labute approximate surface area is 122 Å². The van der Waals surface area contributed by atoms with Crippen LogP contribution in [0.3, 0.4) is 0 Å². The lowest BCUT2D eigenvalue weighted by Gasteiger charge is -2.32. The fourth-order valence-electron chi connectivity index (χ4n) is 1.90. The molecule has 0 heterocycles. The van der Waals surface area contributed by atoms with Gasteiger partial charge < -0.3 is 15.5 Å². The fraction of sp³-hybridized carbons (Fsp3) is 0.500. The van der Waals surface area contributed by atoms with Gasteiger partial charge in [-0.3, -0.25) is 0 Å². The molecule has 0 amide bonds. The summed E-state index contributed by atoms with van der Waals surface area (Å²) in [6.07, 6.45) is 0.565. The summed E-state index contributed by atoms with van der Waals surface area (Å²) < 4.78 is 0.543. The first-order valence-electron chi connectivity index (χ1n) is 6.16. The Morgan fingerprint density at radius 3 is 2.53 bits per heavy atom. The van der Waals surface area contributed by atoms with Crippen molar-refractivity contribution in [2.75, 3.05) is 11.9 Å². The van der Waals surface area contributed by atoms with Gasteiger partial charge in [-0.2, -0.15) is 0 Å². The molecule has 19 heavy (non-hydrogen) atoms. The smallest absolute Gasteiger partial charge is 0.338 e. The van der Waals surface area contributed by atoms with Gasteiger partial charge in [-0.05, 0) is 39.9 Å². The molecule has 0 spiro atoms.